The van der Waals surface area contributed by atoms with Crippen LogP contribution in [0.4, 0.5) is 5.69 Å². The number of anilines is 1. The number of aromatic nitrogens is 4. The van der Waals surface area contributed by atoms with Gasteiger partial charge in [-0.3, -0.25) is 9.20 Å². The summed E-state index contributed by atoms with van der Waals surface area (Å²) < 4.78 is 12.4. The maximum absolute atomic E-state index is 12.5. The standard InChI is InChI=1S/C19H17N5O3S/c1-26-12-7-8-16(27-2)14(9-12)21-17(25)10-28-19-18-23-20-11-24(18)15-6-4-3-5-13(15)22-19/h3-9,11H,10H2,1-2H3,(H,21,25). The fourth-order valence-corrected chi connectivity index (χ4v) is 3.58. The molecule has 0 aliphatic rings. The molecule has 0 bridgehead atoms. The third kappa shape index (κ3) is 3.44. The number of methoxy groups -OCH3 is 2. The minimum Gasteiger partial charge on any atom is -0.497 e. The molecule has 0 saturated carbocycles. The molecule has 0 aliphatic carbocycles. The summed E-state index contributed by atoms with van der Waals surface area (Å²) in [5, 5.41) is 11.6. The van der Waals surface area contributed by atoms with Crippen LogP contribution in [0.1, 0.15) is 0 Å². The average Bonchev–Trinajstić information content (AvgIpc) is 3.22. The van der Waals surface area contributed by atoms with E-state index in [1.165, 1.54) is 11.8 Å². The molecule has 1 amide bonds. The van der Waals surface area contributed by atoms with E-state index in [0.717, 1.165) is 11.0 Å². The second kappa shape index (κ2) is 7.73. The topological polar surface area (TPSA) is 90.6 Å². The van der Waals surface area contributed by atoms with Crippen molar-refractivity contribution in [2.75, 3.05) is 25.3 Å². The quantitative estimate of drug-likeness (QED) is 0.502. The van der Waals surface area contributed by atoms with Gasteiger partial charge in [-0.05, 0) is 24.3 Å². The summed E-state index contributed by atoms with van der Waals surface area (Å²) in [5.41, 5.74) is 2.89. The van der Waals surface area contributed by atoms with Crippen LogP contribution < -0.4 is 14.8 Å². The number of hydrogen-bond donors (Lipinski definition) is 1. The molecule has 0 unspecified atom stereocenters. The molecule has 0 saturated heterocycles. The Balaban J connectivity index is 1.55. The first-order valence-corrected chi connectivity index (χ1v) is 9.41. The Bertz CT molecular complexity index is 1160. The van der Waals surface area contributed by atoms with Crippen molar-refractivity contribution in [2.45, 2.75) is 5.03 Å². The highest BCUT2D eigenvalue weighted by molar-refractivity contribution is 8.00. The average molecular weight is 395 g/mol. The first-order valence-electron chi connectivity index (χ1n) is 8.43. The van der Waals surface area contributed by atoms with Crippen molar-refractivity contribution in [1.82, 2.24) is 19.6 Å². The summed E-state index contributed by atoms with van der Waals surface area (Å²) in [6, 6.07) is 12.9. The Labute approximate surface area is 164 Å². The Morgan fingerprint density at radius 3 is 2.86 bits per heavy atom. The number of thioether (sulfide) groups is 1. The summed E-state index contributed by atoms with van der Waals surface area (Å²) in [6.07, 6.45) is 1.64. The number of ether oxygens (including phenoxy) is 2. The molecule has 142 valence electrons. The number of carbonyl (C=O) groups excluding carboxylic acids is 1. The number of para-hydroxylation sites is 2. The maximum Gasteiger partial charge on any atom is 0.234 e. The van der Waals surface area contributed by atoms with Crippen molar-refractivity contribution in [2.24, 2.45) is 0 Å². The number of hydrogen-bond acceptors (Lipinski definition) is 7. The molecule has 2 heterocycles. The van der Waals surface area contributed by atoms with Crippen LogP contribution in [0.2, 0.25) is 0 Å². The molecule has 0 atom stereocenters. The monoisotopic (exact) mass is 395 g/mol. The molecule has 28 heavy (non-hydrogen) atoms. The second-order valence-corrected chi connectivity index (χ2v) is 6.80. The molecular formula is C19H17N5O3S. The zero-order chi connectivity index (χ0) is 19.5. The predicted molar refractivity (Wildman–Crippen MR) is 107 cm³/mol. The molecule has 9 heteroatoms. The zero-order valence-electron chi connectivity index (χ0n) is 15.2. The fraction of sp³-hybridized carbons (Fsp3) is 0.158. The minimum atomic E-state index is -0.191. The molecular weight excluding hydrogens is 378 g/mol. The van der Waals surface area contributed by atoms with E-state index in [9.17, 15) is 4.79 Å². The number of nitrogens with zero attached hydrogens (tertiary/aromatic N) is 4. The van der Waals surface area contributed by atoms with Crippen LogP contribution in [0, 0.1) is 0 Å². The highest BCUT2D eigenvalue weighted by atomic mass is 32.2. The molecule has 0 fully saturated rings. The molecule has 1 N–H and O–H groups in total. The third-order valence-corrected chi connectivity index (χ3v) is 5.08. The first-order chi connectivity index (χ1) is 13.7. The van der Waals surface area contributed by atoms with Crippen LogP contribution in [0.3, 0.4) is 0 Å². The Kier molecular flexibility index (Phi) is 4.98. The Hall–Kier alpha value is -3.33. The molecule has 2 aromatic carbocycles. The van der Waals surface area contributed by atoms with Crippen LogP contribution in [0.15, 0.2) is 53.8 Å². The molecule has 8 nitrogen and oxygen atoms in total. The molecule has 0 aliphatic heterocycles. The highest BCUT2D eigenvalue weighted by Gasteiger charge is 2.14. The molecule has 0 radical (unpaired) electrons. The van der Waals surface area contributed by atoms with Gasteiger partial charge in [-0.25, -0.2) is 4.98 Å². The lowest BCUT2D eigenvalue weighted by Crippen LogP contribution is -2.15. The molecule has 4 aromatic rings. The largest absolute Gasteiger partial charge is 0.497 e. The lowest BCUT2D eigenvalue weighted by atomic mass is 10.2. The summed E-state index contributed by atoms with van der Waals surface area (Å²) >= 11 is 1.30. The fourth-order valence-electron chi connectivity index (χ4n) is 2.81. The van der Waals surface area contributed by atoms with E-state index in [4.69, 9.17) is 9.47 Å². The van der Waals surface area contributed by atoms with Crippen molar-refractivity contribution in [1.29, 1.82) is 0 Å². The van der Waals surface area contributed by atoms with Gasteiger partial charge >= 0.3 is 0 Å². The van der Waals surface area contributed by atoms with Gasteiger partial charge in [-0.1, -0.05) is 23.9 Å². The third-order valence-electron chi connectivity index (χ3n) is 4.12. The van der Waals surface area contributed by atoms with Gasteiger partial charge in [0.2, 0.25) is 5.91 Å². The van der Waals surface area contributed by atoms with Gasteiger partial charge in [0.15, 0.2) is 5.65 Å². The van der Waals surface area contributed by atoms with E-state index in [1.807, 2.05) is 28.7 Å². The normalized spacial score (nSPS) is 10.9. The van der Waals surface area contributed by atoms with Gasteiger partial charge < -0.3 is 14.8 Å². The summed E-state index contributed by atoms with van der Waals surface area (Å²) in [7, 11) is 3.12. The smallest absolute Gasteiger partial charge is 0.234 e. The molecule has 0 spiro atoms. The van der Waals surface area contributed by atoms with Gasteiger partial charge in [0.05, 0.1) is 36.7 Å². The highest BCUT2D eigenvalue weighted by Crippen LogP contribution is 2.30. The van der Waals surface area contributed by atoms with E-state index >= 15 is 0 Å². The van der Waals surface area contributed by atoms with Gasteiger partial charge in [-0.2, -0.15) is 0 Å². The number of benzene rings is 2. The SMILES string of the molecule is COc1ccc(OC)c(NC(=O)CSc2nc3ccccc3n3cnnc23)c1. The van der Waals surface area contributed by atoms with Crippen LogP contribution in [-0.2, 0) is 4.79 Å². The van der Waals surface area contributed by atoms with E-state index in [0.29, 0.717) is 27.9 Å². The van der Waals surface area contributed by atoms with E-state index in [-0.39, 0.29) is 11.7 Å². The van der Waals surface area contributed by atoms with E-state index in [1.54, 1.807) is 38.7 Å². The lowest BCUT2D eigenvalue weighted by molar-refractivity contribution is -0.113. The first kappa shape index (κ1) is 18.1. The summed E-state index contributed by atoms with van der Waals surface area (Å²) in [4.78, 5) is 17.1. The van der Waals surface area contributed by atoms with Crippen LogP contribution in [0.25, 0.3) is 16.7 Å². The van der Waals surface area contributed by atoms with Crippen LogP contribution in [-0.4, -0.2) is 45.5 Å². The van der Waals surface area contributed by atoms with E-state index < -0.39 is 0 Å². The van der Waals surface area contributed by atoms with Crippen molar-refractivity contribution < 1.29 is 14.3 Å². The van der Waals surface area contributed by atoms with Crippen LogP contribution >= 0.6 is 11.8 Å². The van der Waals surface area contributed by atoms with Gasteiger partial charge in [0.25, 0.3) is 0 Å². The maximum atomic E-state index is 12.5. The summed E-state index contributed by atoms with van der Waals surface area (Å²) in [5.74, 6) is 1.16. The number of rotatable bonds is 6. The Morgan fingerprint density at radius 2 is 2.04 bits per heavy atom. The van der Waals surface area contributed by atoms with E-state index in [2.05, 4.69) is 20.5 Å². The van der Waals surface area contributed by atoms with Crippen molar-refractivity contribution in [3.63, 3.8) is 0 Å². The predicted octanol–water partition coefficient (Wildman–Crippen LogP) is 3.03. The molecule has 4 rings (SSSR count). The lowest BCUT2D eigenvalue weighted by Gasteiger charge is -2.11. The second-order valence-electron chi connectivity index (χ2n) is 5.83. The Morgan fingerprint density at radius 1 is 1.18 bits per heavy atom. The zero-order valence-corrected chi connectivity index (χ0v) is 16.1. The number of amides is 1. The van der Waals surface area contributed by atoms with Gasteiger partial charge in [0, 0.05) is 6.07 Å². The number of fused-ring (bicyclic) bond motifs is 3. The molecule has 2 aromatic heterocycles. The van der Waals surface area contributed by atoms with Crippen molar-refractivity contribution in [3.8, 4) is 11.5 Å². The van der Waals surface area contributed by atoms with Crippen molar-refractivity contribution in [3.05, 3.63) is 48.8 Å². The van der Waals surface area contributed by atoms with Crippen LogP contribution in [0.5, 0.6) is 11.5 Å². The minimum absolute atomic E-state index is 0.161. The number of nitrogens with one attached hydrogen (secondary N) is 1. The van der Waals surface area contributed by atoms with Gasteiger partial charge in [0.1, 0.15) is 22.9 Å². The summed E-state index contributed by atoms with van der Waals surface area (Å²) in [6.45, 7) is 0. The number of carbonyl (C=O) groups is 1. The van der Waals surface area contributed by atoms with Crippen molar-refractivity contribution >= 4 is 40.0 Å². The van der Waals surface area contributed by atoms with Gasteiger partial charge in [-0.15, -0.1) is 10.2 Å².